The van der Waals surface area contributed by atoms with Crippen LogP contribution in [0.4, 0.5) is 0 Å². The maximum atomic E-state index is 12.2. The fraction of sp³-hybridized carbons (Fsp3) is 0.824. The molecular formula is C17H26N4O2. The minimum Gasteiger partial charge on any atom is -0.424 e. The molecule has 6 nitrogen and oxygen atoms in total. The molecule has 1 aromatic rings. The van der Waals surface area contributed by atoms with Crippen molar-refractivity contribution in [3.05, 3.63) is 11.8 Å². The minimum absolute atomic E-state index is 0.299. The Morgan fingerprint density at radius 2 is 1.91 bits per heavy atom. The molecule has 3 aliphatic rings. The van der Waals surface area contributed by atoms with Crippen LogP contribution in [0, 0.1) is 0 Å². The molecule has 1 amide bonds. The van der Waals surface area contributed by atoms with E-state index >= 15 is 0 Å². The van der Waals surface area contributed by atoms with E-state index in [1.165, 1.54) is 25.7 Å². The summed E-state index contributed by atoms with van der Waals surface area (Å²) in [6.45, 7) is 4.68. The predicted molar refractivity (Wildman–Crippen MR) is 84.7 cm³/mol. The van der Waals surface area contributed by atoms with Crippen LogP contribution in [0.3, 0.4) is 0 Å². The van der Waals surface area contributed by atoms with E-state index in [1.807, 2.05) is 6.92 Å². The first kappa shape index (κ1) is 15.1. The highest BCUT2D eigenvalue weighted by atomic mass is 16.4. The highest BCUT2D eigenvalue weighted by molar-refractivity contribution is 5.76. The number of carbonyl (C=O) groups excluding carboxylic acids is 1. The van der Waals surface area contributed by atoms with Gasteiger partial charge in [0.25, 0.3) is 0 Å². The third-order valence-electron chi connectivity index (χ3n) is 5.53. The Morgan fingerprint density at radius 3 is 2.70 bits per heavy atom. The molecule has 0 spiro atoms. The van der Waals surface area contributed by atoms with Crippen LogP contribution in [0.25, 0.3) is 0 Å². The van der Waals surface area contributed by atoms with Gasteiger partial charge in [-0.05, 0) is 45.1 Å². The van der Waals surface area contributed by atoms with E-state index in [0.717, 1.165) is 44.3 Å². The zero-order valence-corrected chi connectivity index (χ0v) is 13.9. The van der Waals surface area contributed by atoms with Gasteiger partial charge in [0.2, 0.25) is 17.7 Å². The Balaban J connectivity index is 1.44. The number of nitrogens with zero attached hydrogens (tertiary/aromatic N) is 4. The monoisotopic (exact) mass is 318 g/mol. The van der Waals surface area contributed by atoms with Crippen molar-refractivity contribution >= 4 is 5.91 Å². The minimum atomic E-state index is 0.299. The predicted octanol–water partition coefficient (Wildman–Crippen LogP) is 2.31. The molecule has 2 aliphatic heterocycles. The molecule has 1 saturated carbocycles. The Bertz CT molecular complexity index is 569. The second-order valence-corrected chi connectivity index (χ2v) is 7.14. The van der Waals surface area contributed by atoms with E-state index in [1.54, 1.807) is 0 Å². The van der Waals surface area contributed by atoms with Gasteiger partial charge in [-0.2, -0.15) is 0 Å². The summed E-state index contributed by atoms with van der Waals surface area (Å²) in [5, 5.41) is 8.42. The molecule has 2 saturated heterocycles. The summed E-state index contributed by atoms with van der Waals surface area (Å²) >= 11 is 0. The lowest BCUT2D eigenvalue weighted by Crippen LogP contribution is -2.47. The van der Waals surface area contributed by atoms with E-state index in [4.69, 9.17) is 4.42 Å². The molecule has 0 N–H and O–H groups in total. The van der Waals surface area contributed by atoms with Crippen LogP contribution in [0.15, 0.2) is 4.42 Å². The molecule has 126 valence electrons. The van der Waals surface area contributed by atoms with Crippen molar-refractivity contribution in [3.8, 4) is 0 Å². The van der Waals surface area contributed by atoms with Gasteiger partial charge in [-0.3, -0.25) is 9.69 Å². The zero-order chi connectivity index (χ0) is 15.8. The zero-order valence-electron chi connectivity index (χ0n) is 13.9. The van der Waals surface area contributed by atoms with Gasteiger partial charge in [0, 0.05) is 31.0 Å². The molecule has 0 bridgehead atoms. The Labute approximate surface area is 137 Å². The van der Waals surface area contributed by atoms with E-state index in [-0.39, 0.29) is 0 Å². The molecule has 2 atom stereocenters. The summed E-state index contributed by atoms with van der Waals surface area (Å²) in [5.74, 6) is 2.37. The van der Waals surface area contributed by atoms with Crippen LogP contribution < -0.4 is 0 Å². The smallest absolute Gasteiger partial charge is 0.230 e. The molecule has 23 heavy (non-hydrogen) atoms. The average molecular weight is 318 g/mol. The summed E-state index contributed by atoms with van der Waals surface area (Å²) in [4.78, 5) is 16.8. The van der Waals surface area contributed by atoms with Gasteiger partial charge in [0.05, 0.1) is 6.54 Å². The lowest BCUT2D eigenvalue weighted by atomic mass is 10.0. The lowest BCUT2D eigenvalue weighted by molar-refractivity contribution is -0.132. The van der Waals surface area contributed by atoms with Crippen molar-refractivity contribution in [3.63, 3.8) is 0 Å². The van der Waals surface area contributed by atoms with Crippen molar-refractivity contribution in [2.45, 2.75) is 76.4 Å². The summed E-state index contributed by atoms with van der Waals surface area (Å²) in [7, 11) is 0. The van der Waals surface area contributed by atoms with Crippen LogP contribution in [-0.4, -0.2) is 51.1 Å². The molecular weight excluding hydrogens is 292 g/mol. The number of likely N-dealkylation sites (tertiary alicyclic amines) is 2. The van der Waals surface area contributed by atoms with Gasteiger partial charge in [-0.15, -0.1) is 10.2 Å². The van der Waals surface area contributed by atoms with E-state index in [0.29, 0.717) is 30.3 Å². The van der Waals surface area contributed by atoms with Gasteiger partial charge in [0.15, 0.2) is 0 Å². The number of hydrogen-bond donors (Lipinski definition) is 0. The van der Waals surface area contributed by atoms with Crippen LogP contribution in [0.1, 0.15) is 69.6 Å². The van der Waals surface area contributed by atoms with Crippen molar-refractivity contribution in [1.82, 2.24) is 20.0 Å². The van der Waals surface area contributed by atoms with Gasteiger partial charge >= 0.3 is 0 Å². The molecule has 0 aromatic carbocycles. The van der Waals surface area contributed by atoms with Crippen molar-refractivity contribution < 1.29 is 9.21 Å². The fourth-order valence-corrected chi connectivity index (χ4v) is 4.19. The first-order valence-electron chi connectivity index (χ1n) is 9.12. The standard InChI is InChI=1S/C17H26N4O2/c1-2-16(22)21-10-4-6-14(21)13-5-3-9-20(13)11-15-18-19-17(23-15)12-7-8-12/h12-14H,2-11H2,1H3/t13-,14-/m1/s1. The molecule has 3 fully saturated rings. The lowest BCUT2D eigenvalue weighted by Gasteiger charge is -2.34. The SMILES string of the molecule is CCC(=O)N1CCC[C@@H]1[C@H]1CCCN1Cc1nnc(C2CC2)o1. The van der Waals surface area contributed by atoms with Crippen molar-refractivity contribution in [1.29, 1.82) is 0 Å². The molecule has 0 unspecified atom stereocenters. The molecule has 0 radical (unpaired) electrons. The van der Waals surface area contributed by atoms with E-state index < -0.39 is 0 Å². The van der Waals surface area contributed by atoms with Crippen LogP contribution in [0.5, 0.6) is 0 Å². The maximum absolute atomic E-state index is 12.2. The normalized spacial score (nSPS) is 28.7. The molecule has 6 heteroatoms. The Hall–Kier alpha value is -1.43. The van der Waals surface area contributed by atoms with Gasteiger partial charge in [-0.25, -0.2) is 0 Å². The number of aromatic nitrogens is 2. The largest absolute Gasteiger partial charge is 0.424 e. The van der Waals surface area contributed by atoms with E-state index in [2.05, 4.69) is 20.0 Å². The van der Waals surface area contributed by atoms with Crippen LogP contribution in [-0.2, 0) is 11.3 Å². The van der Waals surface area contributed by atoms with Gasteiger partial charge in [0.1, 0.15) is 0 Å². The third kappa shape index (κ3) is 3.01. The number of hydrogen-bond acceptors (Lipinski definition) is 5. The molecule has 3 heterocycles. The second-order valence-electron chi connectivity index (χ2n) is 7.14. The molecule has 4 rings (SSSR count). The molecule has 1 aromatic heterocycles. The first-order chi connectivity index (χ1) is 11.3. The van der Waals surface area contributed by atoms with Crippen molar-refractivity contribution in [2.24, 2.45) is 0 Å². The quantitative estimate of drug-likeness (QED) is 0.833. The topological polar surface area (TPSA) is 62.5 Å². The number of rotatable bonds is 5. The highest BCUT2D eigenvalue weighted by Gasteiger charge is 2.39. The summed E-state index contributed by atoms with van der Waals surface area (Å²) < 4.78 is 5.83. The Kier molecular flexibility index (Phi) is 4.09. The summed E-state index contributed by atoms with van der Waals surface area (Å²) in [5.41, 5.74) is 0. The number of amides is 1. The van der Waals surface area contributed by atoms with Crippen molar-refractivity contribution in [2.75, 3.05) is 13.1 Å². The average Bonchev–Trinajstić information content (AvgIpc) is 2.97. The first-order valence-corrected chi connectivity index (χ1v) is 9.12. The van der Waals surface area contributed by atoms with Gasteiger partial charge < -0.3 is 9.32 Å². The molecule has 1 aliphatic carbocycles. The van der Waals surface area contributed by atoms with E-state index in [9.17, 15) is 4.79 Å². The van der Waals surface area contributed by atoms with Gasteiger partial charge in [-0.1, -0.05) is 6.92 Å². The maximum Gasteiger partial charge on any atom is 0.230 e. The highest BCUT2D eigenvalue weighted by Crippen LogP contribution is 2.39. The number of carbonyl (C=O) groups is 1. The summed E-state index contributed by atoms with van der Waals surface area (Å²) in [6.07, 6.45) is 7.60. The third-order valence-corrected chi connectivity index (χ3v) is 5.53. The fourth-order valence-electron chi connectivity index (χ4n) is 4.19. The second kappa shape index (κ2) is 6.23. The summed E-state index contributed by atoms with van der Waals surface area (Å²) in [6, 6.07) is 0.819. The Morgan fingerprint density at radius 1 is 1.13 bits per heavy atom. The van der Waals surface area contributed by atoms with Crippen LogP contribution in [0.2, 0.25) is 0 Å². The van der Waals surface area contributed by atoms with Crippen LogP contribution >= 0.6 is 0 Å².